The van der Waals surface area contributed by atoms with Crippen molar-refractivity contribution in [3.63, 3.8) is 0 Å². The number of carbonyl (C=O) groups excluding carboxylic acids is 3. The highest BCUT2D eigenvalue weighted by atomic mass is 32.2. The zero-order chi connectivity index (χ0) is 22.1. The van der Waals surface area contributed by atoms with Crippen LogP contribution in [0.5, 0.6) is 0 Å². The molecule has 1 saturated heterocycles. The summed E-state index contributed by atoms with van der Waals surface area (Å²) < 4.78 is 31.2. The molecule has 2 aromatic rings. The maximum absolute atomic E-state index is 12.8. The van der Waals surface area contributed by atoms with Crippen LogP contribution in [0.1, 0.15) is 11.1 Å². The maximum Gasteiger partial charge on any atom is 0.488 e. The van der Waals surface area contributed by atoms with Crippen LogP contribution < -0.4 is 10.8 Å². The summed E-state index contributed by atoms with van der Waals surface area (Å²) in [7, 11) is -6.01. The van der Waals surface area contributed by atoms with Gasteiger partial charge >= 0.3 is 13.1 Å². The molecular formula is C18H17BN2O8S. The zero-order valence-corrected chi connectivity index (χ0v) is 16.2. The number of benzene rings is 2. The minimum Gasteiger partial charge on any atom is -0.423 e. The predicted octanol–water partition coefficient (Wildman–Crippen LogP) is -0.950. The first-order valence-electron chi connectivity index (χ1n) is 8.74. The van der Waals surface area contributed by atoms with E-state index in [-0.39, 0.29) is 23.3 Å². The van der Waals surface area contributed by atoms with E-state index in [1.54, 1.807) is 0 Å². The first-order valence-corrected chi connectivity index (χ1v) is 10.2. The lowest BCUT2D eigenvalue weighted by molar-refractivity contribution is -0.142. The molecule has 1 aliphatic rings. The Bertz CT molecular complexity index is 1080. The third kappa shape index (κ3) is 4.74. The van der Waals surface area contributed by atoms with E-state index in [0.29, 0.717) is 11.1 Å². The van der Waals surface area contributed by atoms with Gasteiger partial charge in [0.25, 0.3) is 10.1 Å². The fraction of sp³-hybridized carbons (Fsp3) is 0.167. The van der Waals surface area contributed by atoms with Crippen LogP contribution in [0.3, 0.4) is 0 Å². The molecule has 0 radical (unpaired) electrons. The van der Waals surface area contributed by atoms with Crippen LogP contribution >= 0.6 is 0 Å². The van der Waals surface area contributed by atoms with Crippen LogP contribution in [0.2, 0.25) is 0 Å². The van der Waals surface area contributed by atoms with Gasteiger partial charge in [0.2, 0.25) is 11.8 Å². The quantitative estimate of drug-likeness (QED) is 0.258. The summed E-state index contributed by atoms with van der Waals surface area (Å²) in [6.45, 7) is -0.127. The summed E-state index contributed by atoms with van der Waals surface area (Å²) in [5, 5.41) is 20.4. The number of hydrogen-bond donors (Lipinski definition) is 4. The Morgan fingerprint density at radius 3 is 2.03 bits per heavy atom. The molecule has 30 heavy (non-hydrogen) atoms. The number of urea groups is 1. The van der Waals surface area contributed by atoms with Crippen molar-refractivity contribution in [1.82, 2.24) is 10.2 Å². The number of nitrogens with zero attached hydrogens (tertiary/aromatic N) is 1. The van der Waals surface area contributed by atoms with E-state index in [9.17, 15) is 22.8 Å². The van der Waals surface area contributed by atoms with Crippen LogP contribution in [-0.4, -0.2) is 52.9 Å². The summed E-state index contributed by atoms with van der Waals surface area (Å²) in [4.78, 5) is 37.7. The summed E-state index contributed by atoms with van der Waals surface area (Å²) in [5.74, 6) is -2.68. The lowest BCUT2D eigenvalue weighted by Crippen LogP contribution is -2.58. The van der Waals surface area contributed by atoms with Gasteiger partial charge in [-0.15, -0.1) is 0 Å². The van der Waals surface area contributed by atoms with Gasteiger partial charge in [-0.25, -0.2) is 4.79 Å². The largest absolute Gasteiger partial charge is 0.488 e. The van der Waals surface area contributed by atoms with E-state index in [0.717, 1.165) is 17.0 Å². The van der Waals surface area contributed by atoms with Gasteiger partial charge < -0.3 is 10.0 Å². The van der Waals surface area contributed by atoms with Crippen molar-refractivity contribution in [1.29, 1.82) is 0 Å². The second-order valence-electron chi connectivity index (χ2n) is 6.71. The van der Waals surface area contributed by atoms with Crippen molar-refractivity contribution in [3.8, 4) is 0 Å². The SMILES string of the molecule is O=C1NC(=O)N(Cc2ccc(B(O)O)cc2)C(=O)C1Cc1ccc(S(=O)(=O)O)cc1. The van der Waals surface area contributed by atoms with Crippen LogP contribution in [-0.2, 0) is 32.7 Å². The molecular weight excluding hydrogens is 415 g/mol. The molecule has 4 amide bonds. The van der Waals surface area contributed by atoms with E-state index in [2.05, 4.69) is 5.32 Å². The molecule has 1 aliphatic heterocycles. The minimum atomic E-state index is -4.36. The maximum atomic E-state index is 12.8. The third-order valence-corrected chi connectivity index (χ3v) is 5.50. The Morgan fingerprint density at radius 2 is 1.50 bits per heavy atom. The summed E-state index contributed by atoms with van der Waals surface area (Å²) >= 11 is 0. The number of carbonyl (C=O) groups is 3. The standard InChI is InChI=1S/C18H17BN2O8S/c22-16-15(9-11-3-7-14(8-4-11)30(27,28)29)17(23)21(18(24)20-16)10-12-1-5-13(6-2-12)19(25)26/h1-8,15,25-26H,9-10H2,(H,20,22,24)(H,27,28,29). The van der Waals surface area contributed by atoms with Crippen molar-refractivity contribution in [2.45, 2.75) is 17.9 Å². The molecule has 1 unspecified atom stereocenters. The molecule has 12 heteroatoms. The number of rotatable bonds is 6. The van der Waals surface area contributed by atoms with Gasteiger partial charge in [0.1, 0.15) is 5.92 Å². The number of barbiturate groups is 1. The van der Waals surface area contributed by atoms with E-state index >= 15 is 0 Å². The van der Waals surface area contributed by atoms with Crippen LogP contribution in [0.4, 0.5) is 4.79 Å². The average Bonchev–Trinajstić information content (AvgIpc) is 2.68. The first kappa shape index (κ1) is 21.6. The lowest BCUT2D eigenvalue weighted by Gasteiger charge is -2.30. The molecule has 10 nitrogen and oxygen atoms in total. The highest BCUT2D eigenvalue weighted by molar-refractivity contribution is 7.85. The Balaban J connectivity index is 1.76. The van der Waals surface area contributed by atoms with Gasteiger partial charge in [0.05, 0.1) is 11.4 Å². The third-order valence-electron chi connectivity index (χ3n) is 4.64. The second-order valence-corrected chi connectivity index (χ2v) is 8.13. The van der Waals surface area contributed by atoms with Crippen molar-refractivity contribution >= 4 is 40.5 Å². The molecule has 1 heterocycles. The Morgan fingerprint density at radius 1 is 0.933 bits per heavy atom. The lowest BCUT2D eigenvalue weighted by atomic mass is 9.80. The molecule has 0 aromatic heterocycles. The van der Waals surface area contributed by atoms with Gasteiger partial charge in [-0.2, -0.15) is 8.42 Å². The molecule has 1 atom stereocenters. The van der Waals surface area contributed by atoms with Crippen LogP contribution in [0.15, 0.2) is 53.4 Å². The highest BCUT2D eigenvalue weighted by Gasteiger charge is 2.40. The van der Waals surface area contributed by atoms with Crippen molar-refractivity contribution in [2.75, 3.05) is 0 Å². The minimum absolute atomic E-state index is 0.0736. The number of imide groups is 2. The highest BCUT2D eigenvalue weighted by Crippen LogP contribution is 2.20. The molecule has 0 aliphatic carbocycles. The molecule has 2 aromatic carbocycles. The number of amides is 4. The normalized spacial score (nSPS) is 17.1. The molecule has 4 N–H and O–H groups in total. The van der Waals surface area contributed by atoms with Gasteiger partial charge in [0.15, 0.2) is 0 Å². The second kappa shape index (κ2) is 8.36. The Labute approximate surface area is 172 Å². The molecule has 0 bridgehead atoms. The van der Waals surface area contributed by atoms with E-state index < -0.39 is 41.0 Å². The fourth-order valence-electron chi connectivity index (χ4n) is 3.00. The predicted molar refractivity (Wildman–Crippen MR) is 104 cm³/mol. The van der Waals surface area contributed by atoms with Crippen LogP contribution in [0.25, 0.3) is 0 Å². The summed E-state index contributed by atoms with van der Waals surface area (Å²) in [6.07, 6.45) is -0.0736. The van der Waals surface area contributed by atoms with Gasteiger partial charge in [-0.05, 0) is 35.1 Å². The van der Waals surface area contributed by atoms with Gasteiger partial charge in [0, 0.05) is 0 Å². The van der Waals surface area contributed by atoms with Crippen molar-refractivity contribution in [3.05, 3.63) is 59.7 Å². The van der Waals surface area contributed by atoms with Gasteiger partial charge in [-0.1, -0.05) is 36.4 Å². The smallest absolute Gasteiger partial charge is 0.423 e. The monoisotopic (exact) mass is 432 g/mol. The molecule has 0 spiro atoms. The molecule has 3 rings (SSSR count). The number of nitrogens with one attached hydrogen (secondary N) is 1. The van der Waals surface area contributed by atoms with Crippen LogP contribution in [0, 0.1) is 5.92 Å². The molecule has 156 valence electrons. The van der Waals surface area contributed by atoms with Gasteiger partial charge in [-0.3, -0.25) is 24.4 Å². The Hall–Kier alpha value is -3.06. The van der Waals surface area contributed by atoms with E-state index in [1.807, 2.05) is 0 Å². The number of hydrogen-bond acceptors (Lipinski definition) is 7. The average molecular weight is 432 g/mol. The Kier molecular flexibility index (Phi) is 6.03. The summed E-state index contributed by atoms with van der Waals surface area (Å²) in [6, 6.07) is 10.1. The molecule has 0 saturated carbocycles. The van der Waals surface area contributed by atoms with E-state index in [4.69, 9.17) is 14.6 Å². The van der Waals surface area contributed by atoms with E-state index in [1.165, 1.54) is 36.4 Å². The zero-order valence-electron chi connectivity index (χ0n) is 15.4. The topological polar surface area (TPSA) is 161 Å². The van der Waals surface area contributed by atoms with Crippen molar-refractivity contribution in [2.24, 2.45) is 5.92 Å². The molecule has 1 fully saturated rings. The summed E-state index contributed by atoms with van der Waals surface area (Å²) in [5.41, 5.74) is 1.24. The first-order chi connectivity index (χ1) is 14.1. The van der Waals surface area contributed by atoms with Crippen molar-refractivity contribution < 1.29 is 37.4 Å². The fourth-order valence-corrected chi connectivity index (χ4v) is 3.48.